The molecule has 3 N–H and O–H groups in total. The van der Waals surface area contributed by atoms with E-state index in [1.54, 1.807) is 12.1 Å². The Morgan fingerprint density at radius 3 is 2.55 bits per heavy atom. The van der Waals surface area contributed by atoms with Crippen LogP contribution < -0.4 is 11.1 Å². The van der Waals surface area contributed by atoms with E-state index in [0.29, 0.717) is 30.0 Å². The van der Waals surface area contributed by atoms with Gasteiger partial charge in [0.25, 0.3) is 0 Å². The van der Waals surface area contributed by atoms with Crippen LogP contribution in [0.3, 0.4) is 0 Å². The first kappa shape index (κ1) is 14.5. The summed E-state index contributed by atoms with van der Waals surface area (Å²) < 4.78 is 26.7. The van der Waals surface area contributed by atoms with Crippen LogP contribution in [-0.4, -0.2) is 22.6 Å². The van der Waals surface area contributed by atoms with Gasteiger partial charge in [-0.25, -0.2) is 18.7 Å². The molecule has 0 saturated heterocycles. The van der Waals surface area contributed by atoms with Gasteiger partial charge in [0.05, 0.1) is 12.4 Å². The molecule has 106 valence electrons. The van der Waals surface area contributed by atoms with Gasteiger partial charge in [-0.15, -0.1) is 0 Å². The van der Waals surface area contributed by atoms with Crippen LogP contribution in [0, 0.1) is 11.6 Å². The van der Waals surface area contributed by atoms with Crippen molar-refractivity contribution in [3.05, 3.63) is 47.8 Å². The Hall–Kier alpha value is -1.92. The normalized spacial score (nSPS) is 12.4. The number of hydrogen-bond donors (Lipinski definition) is 2. The summed E-state index contributed by atoms with van der Waals surface area (Å²) >= 11 is 0. The molecule has 1 atom stereocenters. The van der Waals surface area contributed by atoms with E-state index in [-0.39, 0.29) is 11.9 Å². The molecule has 0 radical (unpaired) electrons. The second-order valence-electron chi connectivity index (χ2n) is 4.55. The van der Waals surface area contributed by atoms with Crippen molar-refractivity contribution in [2.24, 2.45) is 5.73 Å². The zero-order valence-corrected chi connectivity index (χ0v) is 11.1. The zero-order chi connectivity index (χ0) is 14.5. The topological polar surface area (TPSA) is 63.8 Å². The zero-order valence-electron chi connectivity index (χ0n) is 11.1. The molecule has 1 heterocycles. The van der Waals surface area contributed by atoms with Crippen molar-refractivity contribution in [3.63, 3.8) is 0 Å². The van der Waals surface area contributed by atoms with E-state index in [1.807, 2.05) is 6.92 Å². The smallest absolute Gasteiger partial charge is 0.159 e. The lowest BCUT2D eigenvalue weighted by atomic mass is 10.1. The van der Waals surface area contributed by atoms with Crippen molar-refractivity contribution in [2.75, 3.05) is 6.54 Å². The number of nitrogens with two attached hydrogens (primary N) is 1. The van der Waals surface area contributed by atoms with Crippen LogP contribution >= 0.6 is 0 Å². The van der Waals surface area contributed by atoms with Gasteiger partial charge >= 0.3 is 0 Å². The van der Waals surface area contributed by atoms with Gasteiger partial charge in [0.2, 0.25) is 0 Å². The van der Waals surface area contributed by atoms with Crippen LogP contribution in [0.5, 0.6) is 0 Å². The summed E-state index contributed by atoms with van der Waals surface area (Å²) in [5, 5.41) is 3.11. The first-order valence-electron chi connectivity index (χ1n) is 6.30. The molecule has 2 rings (SSSR count). The predicted molar refractivity (Wildman–Crippen MR) is 72.7 cm³/mol. The van der Waals surface area contributed by atoms with E-state index in [1.165, 1.54) is 6.07 Å². The number of rotatable bonds is 5. The van der Waals surface area contributed by atoms with Crippen molar-refractivity contribution in [3.8, 4) is 11.4 Å². The number of halogens is 2. The first-order valence-corrected chi connectivity index (χ1v) is 6.30. The van der Waals surface area contributed by atoms with E-state index in [9.17, 15) is 8.78 Å². The minimum atomic E-state index is -0.522. The molecule has 1 unspecified atom stereocenters. The monoisotopic (exact) mass is 278 g/mol. The molecule has 0 bridgehead atoms. The van der Waals surface area contributed by atoms with Gasteiger partial charge in [0.1, 0.15) is 5.82 Å². The van der Waals surface area contributed by atoms with Crippen molar-refractivity contribution in [2.45, 2.75) is 19.5 Å². The minimum absolute atomic E-state index is 0.120. The predicted octanol–water partition coefficient (Wildman–Crippen LogP) is 1.86. The molecule has 1 aromatic heterocycles. The molecule has 0 saturated carbocycles. The number of aromatic nitrogens is 2. The van der Waals surface area contributed by atoms with Crippen LogP contribution in [0.1, 0.15) is 12.5 Å². The van der Waals surface area contributed by atoms with E-state index in [4.69, 9.17) is 5.73 Å². The first-order chi connectivity index (χ1) is 9.60. The standard InChI is InChI=1S/C14H16F2N4/c1-9(5-17)18-6-11-3-2-10(4-13(11)16)14-19-7-12(15)8-20-14/h2-4,7-9,18H,5-6,17H2,1H3. The third-order valence-electron chi connectivity index (χ3n) is 2.93. The van der Waals surface area contributed by atoms with Crippen LogP contribution in [0.25, 0.3) is 11.4 Å². The van der Waals surface area contributed by atoms with Crippen LogP contribution in [0.2, 0.25) is 0 Å². The van der Waals surface area contributed by atoms with Gasteiger partial charge in [-0.3, -0.25) is 0 Å². The summed E-state index contributed by atoms with van der Waals surface area (Å²) in [6, 6.07) is 4.83. The molecule has 4 nitrogen and oxygen atoms in total. The Balaban J connectivity index is 2.15. The Kier molecular flexibility index (Phi) is 4.70. The Labute approximate surface area is 116 Å². The molecule has 0 aliphatic rings. The van der Waals surface area contributed by atoms with Gasteiger partial charge in [-0.2, -0.15) is 0 Å². The molecule has 0 spiro atoms. The highest BCUT2D eigenvalue weighted by molar-refractivity contribution is 5.55. The van der Waals surface area contributed by atoms with E-state index in [2.05, 4.69) is 15.3 Å². The van der Waals surface area contributed by atoms with Crippen molar-refractivity contribution in [1.29, 1.82) is 0 Å². The summed E-state index contributed by atoms with van der Waals surface area (Å²) in [5.74, 6) is -0.585. The second-order valence-corrected chi connectivity index (χ2v) is 4.55. The molecule has 1 aromatic carbocycles. The summed E-state index contributed by atoms with van der Waals surface area (Å²) in [6.45, 7) is 2.82. The van der Waals surface area contributed by atoms with Gasteiger partial charge in [-0.1, -0.05) is 12.1 Å². The van der Waals surface area contributed by atoms with E-state index < -0.39 is 5.82 Å². The van der Waals surface area contributed by atoms with Crippen LogP contribution in [0.15, 0.2) is 30.6 Å². The minimum Gasteiger partial charge on any atom is -0.329 e. The number of nitrogens with zero attached hydrogens (tertiary/aromatic N) is 2. The molecule has 0 aliphatic heterocycles. The molecular formula is C14H16F2N4. The fraction of sp³-hybridized carbons (Fsp3) is 0.286. The van der Waals surface area contributed by atoms with Crippen LogP contribution in [-0.2, 0) is 6.54 Å². The van der Waals surface area contributed by atoms with Gasteiger partial charge in [0.15, 0.2) is 11.6 Å². The maximum absolute atomic E-state index is 14.0. The largest absolute Gasteiger partial charge is 0.329 e. The average Bonchev–Trinajstić information content (AvgIpc) is 2.46. The van der Waals surface area contributed by atoms with Gasteiger partial charge < -0.3 is 11.1 Å². The summed E-state index contributed by atoms with van der Waals surface area (Å²) in [5.41, 5.74) is 6.53. The maximum Gasteiger partial charge on any atom is 0.159 e. The summed E-state index contributed by atoms with van der Waals surface area (Å²) in [7, 11) is 0. The van der Waals surface area contributed by atoms with Gasteiger partial charge in [0, 0.05) is 30.3 Å². The lowest BCUT2D eigenvalue weighted by Gasteiger charge is -2.12. The van der Waals surface area contributed by atoms with Gasteiger partial charge in [-0.05, 0) is 13.0 Å². The lowest BCUT2D eigenvalue weighted by molar-refractivity contribution is 0.533. The highest BCUT2D eigenvalue weighted by Gasteiger charge is 2.08. The molecule has 0 amide bonds. The highest BCUT2D eigenvalue weighted by atomic mass is 19.1. The molecule has 6 heteroatoms. The molecule has 2 aromatic rings. The third kappa shape index (κ3) is 3.55. The Morgan fingerprint density at radius 1 is 1.25 bits per heavy atom. The molecular weight excluding hydrogens is 262 g/mol. The quantitative estimate of drug-likeness (QED) is 0.876. The second kappa shape index (κ2) is 6.49. The molecule has 0 fully saturated rings. The van der Waals surface area contributed by atoms with Crippen molar-refractivity contribution in [1.82, 2.24) is 15.3 Å². The molecule has 0 aliphatic carbocycles. The Morgan fingerprint density at radius 2 is 1.95 bits per heavy atom. The maximum atomic E-state index is 14.0. The Bertz CT molecular complexity index is 572. The fourth-order valence-corrected chi connectivity index (χ4v) is 1.66. The summed E-state index contributed by atoms with van der Waals surface area (Å²) in [4.78, 5) is 7.64. The van der Waals surface area contributed by atoms with E-state index in [0.717, 1.165) is 12.4 Å². The molecule has 20 heavy (non-hydrogen) atoms. The number of hydrogen-bond acceptors (Lipinski definition) is 4. The highest BCUT2D eigenvalue weighted by Crippen LogP contribution is 2.18. The van der Waals surface area contributed by atoms with Crippen molar-refractivity contribution >= 4 is 0 Å². The van der Waals surface area contributed by atoms with Crippen molar-refractivity contribution < 1.29 is 8.78 Å². The number of nitrogens with one attached hydrogen (secondary N) is 1. The van der Waals surface area contributed by atoms with Crippen LogP contribution in [0.4, 0.5) is 8.78 Å². The number of benzene rings is 1. The average molecular weight is 278 g/mol. The summed E-state index contributed by atoms with van der Waals surface area (Å²) in [6.07, 6.45) is 2.11. The van der Waals surface area contributed by atoms with E-state index >= 15 is 0 Å². The SMILES string of the molecule is CC(CN)NCc1ccc(-c2ncc(F)cn2)cc1F. The third-order valence-corrected chi connectivity index (χ3v) is 2.93. The lowest BCUT2D eigenvalue weighted by Crippen LogP contribution is -2.32. The fourth-order valence-electron chi connectivity index (χ4n) is 1.66.